The summed E-state index contributed by atoms with van der Waals surface area (Å²) < 4.78 is 1.06. The zero-order valence-corrected chi connectivity index (χ0v) is 12.0. The van der Waals surface area contributed by atoms with Crippen LogP contribution in [0.3, 0.4) is 0 Å². The topological polar surface area (TPSA) is 38.9 Å². The molecule has 1 fully saturated rings. The lowest BCUT2D eigenvalue weighted by Crippen LogP contribution is -2.30. The smallest absolute Gasteiger partial charge is 0.0410 e. The van der Waals surface area contributed by atoms with Crippen LogP contribution in [-0.2, 0) is 6.42 Å². The Kier molecular flexibility index (Phi) is 4.21. The molecule has 0 amide bonds. The van der Waals surface area contributed by atoms with Crippen LogP contribution in [-0.4, -0.2) is 11.5 Å². The van der Waals surface area contributed by atoms with Crippen LogP contribution in [0, 0.1) is 11.3 Å². The van der Waals surface area contributed by atoms with Gasteiger partial charge in [0.25, 0.3) is 0 Å². The Morgan fingerprint density at radius 1 is 1.53 bits per heavy atom. The first-order valence-electron chi connectivity index (χ1n) is 6.47. The van der Waals surface area contributed by atoms with Crippen molar-refractivity contribution < 1.29 is 0 Å². The van der Waals surface area contributed by atoms with E-state index in [9.17, 15) is 0 Å². The van der Waals surface area contributed by atoms with Gasteiger partial charge in [-0.1, -0.05) is 13.3 Å². The van der Waals surface area contributed by atoms with Crippen LogP contribution in [0.5, 0.6) is 0 Å². The molecule has 1 aromatic heterocycles. The van der Waals surface area contributed by atoms with E-state index in [1.807, 2.05) is 12.4 Å². The SMILES string of the molecule is CCC1CCC(CN)(Cc2cncc(Br)c2)C1. The molecule has 1 aliphatic carbocycles. The first kappa shape index (κ1) is 13.0. The molecule has 1 aliphatic rings. The van der Waals surface area contributed by atoms with Gasteiger partial charge in [-0.3, -0.25) is 4.98 Å². The summed E-state index contributed by atoms with van der Waals surface area (Å²) in [5, 5.41) is 0. The van der Waals surface area contributed by atoms with Gasteiger partial charge in [-0.15, -0.1) is 0 Å². The van der Waals surface area contributed by atoms with Crippen LogP contribution in [0.2, 0.25) is 0 Å². The Balaban J connectivity index is 2.10. The molecule has 2 N–H and O–H groups in total. The fraction of sp³-hybridized carbons (Fsp3) is 0.643. The molecule has 2 unspecified atom stereocenters. The van der Waals surface area contributed by atoms with Gasteiger partial charge >= 0.3 is 0 Å². The van der Waals surface area contributed by atoms with E-state index in [4.69, 9.17) is 5.73 Å². The average molecular weight is 297 g/mol. The largest absolute Gasteiger partial charge is 0.330 e. The maximum absolute atomic E-state index is 6.04. The van der Waals surface area contributed by atoms with E-state index in [0.29, 0.717) is 5.41 Å². The minimum Gasteiger partial charge on any atom is -0.330 e. The van der Waals surface area contributed by atoms with Gasteiger partial charge in [0.2, 0.25) is 0 Å². The third-order valence-corrected chi connectivity index (χ3v) is 4.59. The molecule has 0 radical (unpaired) electrons. The van der Waals surface area contributed by atoms with Crippen molar-refractivity contribution in [2.45, 2.75) is 39.0 Å². The maximum Gasteiger partial charge on any atom is 0.0410 e. The van der Waals surface area contributed by atoms with Gasteiger partial charge < -0.3 is 5.73 Å². The van der Waals surface area contributed by atoms with E-state index in [0.717, 1.165) is 23.4 Å². The predicted molar refractivity (Wildman–Crippen MR) is 74.8 cm³/mol. The lowest BCUT2D eigenvalue weighted by atomic mass is 9.79. The van der Waals surface area contributed by atoms with E-state index in [-0.39, 0.29) is 0 Å². The first-order chi connectivity index (χ1) is 8.17. The van der Waals surface area contributed by atoms with Crippen molar-refractivity contribution in [2.75, 3.05) is 6.54 Å². The Hall–Kier alpha value is -0.410. The third kappa shape index (κ3) is 3.08. The van der Waals surface area contributed by atoms with Crippen LogP contribution < -0.4 is 5.73 Å². The summed E-state index contributed by atoms with van der Waals surface area (Å²) in [5.41, 5.74) is 7.67. The number of aromatic nitrogens is 1. The maximum atomic E-state index is 6.04. The Morgan fingerprint density at radius 3 is 2.94 bits per heavy atom. The number of pyridine rings is 1. The van der Waals surface area contributed by atoms with Gasteiger partial charge in [0.1, 0.15) is 0 Å². The monoisotopic (exact) mass is 296 g/mol. The highest BCUT2D eigenvalue weighted by molar-refractivity contribution is 9.10. The molecule has 2 rings (SSSR count). The number of rotatable bonds is 4. The molecule has 0 aliphatic heterocycles. The van der Waals surface area contributed by atoms with Crippen molar-refractivity contribution in [3.05, 3.63) is 28.5 Å². The highest BCUT2D eigenvalue weighted by atomic mass is 79.9. The van der Waals surface area contributed by atoms with Crippen LogP contribution in [0.4, 0.5) is 0 Å². The Bertz CT molecular complexity index is 380. The number of nitrogens with two attached hydrogens (primary N) is 1. The van der Waals surface area contributed by atoms with Gasteiger partial charge in [0.15, 0.2) is 0 Å². The zero-order chi connectivity index (χ0) is 12.3. The molecule has 3 heteroatoms. The normalized spacial score (nSPS) is 28.5. The van der Waals surface area contributed by atoms with Gasteiger partial charge in [-0.2, -0.15) is 0 Å². The molecule has 17 heavy (non-hydrogen) atoms. The van der Waals surface area contributed by atoms with Crippen LogP contribution in [0.25, 0.3) is 0 Å². The Morgan fingerprint density at radius 2 is 2.35 bits per heavy atom. The van der Waals surface area contributed by atoms with E-state index < -0.39 is 0 Å². The summed E-state index contributed by atoms with van der Waals surface area (Å²) in [7, 11) is 0. The van der Waals surface area contributed by atoms with Crippen molar-refractivity contribution in [1.29, 1.82) is 0 Å². The lowest BCUT2D eigenvalue weighted by Gasteiger charge is -2.28. The fourth-order valence-corrected chi connectivity index (χ4v) is 3.49. The second kappa shape index (κ2) is 5.49. The zero-order valence-electron chi connectivity index (χ0n) is 10.5. The van der Waals surface area contributed by atoms with E-state index in [1.54, 1.807) is 0 Å². The van der Waals surface area contributed by atoms with Crippen LogP contribution in [0.15, 0.2) is 22.9 Å². The summed E-state index contributed by atoms with van der Waals surface area (Å²) >= 11 is 3.48. The van der Waals surface area contributed by atoms with Crippen LogP contribution >= 0.6 is 15.9 Å². The fourth-order valence-electron chi connectivity index (χ4n) is 3.08. The first-order valence-corrected chi connectivity index (χ1v) is 7.26. The number of nitrogens with zero attached hydrogens (tertiary/aromatic N) is 1. The van der Waals surface area contributed by atoms with Gasteiger partial charge in [-0.05, 0) is 71.1 Å². The molecule has 1 saturated carbocycles. The number of hydrogen-bond donors (Lipinski definition) is 1. The summed E-state index contributed by atoms with van der Waals surface area (Å²) in [5.74, 6) is 0.874. The number of halogens is 1. The summed E-state index contributed by atoms with van der Waals surface area (Å²) in [6.07, 6.45) is 10.1. The van der Waals surface area contributed by atoms with Crippen molar-refractivity contribution >= 4 is 15.9 Å². The van der Waals surface area contributed by atoms with E-state index in [1.165, 1.54) is 31.2 Å². The van der Waals surface area contributed by atoms with Gasteiger partial charge in [0, 0.05) is 16.9 Å². The molecule has 0 spiro atoms. The molecule has 2 nitrogen and oxygen atoms in total. The minimum atomic E-state index is 0.323. The van der Waals surface area contributed by atoms with Crippen LogP contribution in [0.1, 0.15) is 38.2 Å². The average Bonchev–Trinajstić information content (AvgIpc) is 2.73. The third-order valence-electron chi connectivity index (χ3n) is 4.16. The summed E-state index contributed by atoms with van der Waals surface area (Å²) in [4.78, 5) is 4.24. The Labute approximate surface area is 112 Å². The standard InChI is InChI=1S/C14H21BrN2/c1-2-11-3-4-14(6-11,10-16)7-12-5-13(15)9-17-8-12/h5,8-9,11H,2-4,6-7,10,16H2,1H3. The highest BCUT2D eigenvalue weighted by Gasteiger charge is 2.37. The van der Waals surface area contributed by atoms with Crippen molar-refractivity contribution in [3.63, 3.8) is 0 Å². The minimum absolute atomic E-state index is 0.323. The molecule has 2 atom stereocenters. The molecule has 0 bridgehead atoms. The molecule has 1 heterocycles. The van der Waals surface area contributed by atoms with Gasteiger partial charge in [-0.25, -0.2) is 0 Å². The molecule has 0 saturated heterocycles. The van der Waals surface area contributed by atoms with Gasteiger partial charge in [0.05, 0.1) is 0 Å². The van der Waals surface area contributed by atoms with E-state index >= 15 is 0 Å². The number of hydrogen-bond acceptors (Lipinski definition) is 2. The van der Waals surface area contributed by atoms with E-state index in [2.05, 4.69) is 33.9 Å². The highest BCUT2D eigenvalue weighted by Crippen LogP contribution is 2.44. The van der Waals surface area contributed by atoms with Crippen molar-refractivity contribution in [3.8, 4) is 0 Å². The van der Waals surface area contributed by atoms with Crippen molar-refractivity contribution in [2.24, 2.45) is 17.1 Å². The molecule has 94 valence electrons. The molecular formula is C14H21BrN2. The molecule has 1 aromatic rings. The summed E-state index contributed by atoms with van der Waals surface area (Å²) in [6, 6.07) is 2.17. The molecule has 0 aromatic carbocycles. The second-order valence-electron chi connectivity index (χ2n) is 5.41. The second-order valence-corrected chi connectivity index (χ2v) is 6.33. The molecular weight excluding hydrogens is 276 g/mol. The van der Waals surface area contributed by atoms with Crippen molar-refractivity contribution in [1.82, 2.24) is 4.98 Å². The summed E-state index contributed by atoms with van der Waals surface area (Å²) in [6.45, 7) is 3.09. The lowest BCUT2D eigenvalue weighted by molar-refractivity contribution is 0.290. The predicted octanol–water partition coefficient (Wildman–Crippen LogP) is 3.54. The quantitative estimate of drug-likeness (QED) is 0.923.